The number of hydrogen-bond donors (Lipinski definition) is 1. The van der Waals surface area contributed by atoms with Crippen LogP contribution >= 0.6 is 0 Å². The number of aliphatic carboxylic acids is 1. The van der Waals surface area contributed by atoms with Crippen LogP contribution in [0.25, 0.3) is 0 Å². The van der Waals surface area contributed by atoms with Gasteiger partial charge in [0.15, 0.2) is 5.82 Å². The first-order valence-electron chi connectivity index (χ1n) is 6.41. The van der Waals surface area contributed by atoms with Gasteiger partial charge in [0, 0.05) is 5.92 Å². The largest absolute Gasteiger partial charge is 0.481 e. The topological polar surface area (TPSA) is 80.9 Å². The fourth-order valence-electron chi connectivity index (χ4n) is 2.56. The molecule has 2 atom stereocenters. The predicted octanol–water partition coefficient (Wildman–Crippen LogP) is 1.69. The summed E-state index contributed by atoms with van der Waals surface area (Å²) in [6, 6.07) is 0. The van der Waals surface area contributed by atoms with E-state index in [-0.39, 0.29) is 0 Å². The lowest BCUT2D eigenvalue weighted by molar-refractivity contribution is -0.147. The first-order valence-corrected chi connectivity index (χ1v) is 6.41. The Morgan fingerprint density at radius 3 is 2.78 bits per heavy atom. The molecular formula is C12H20N4O2. The fraction of sp³-hybridized carbons (Fsp3) is 0.833. The molecule has 1 N–H and O–H groups in total. The van der Waals surface area contributed by atoms with Crippen LogP contribution in [0.1, 0.15) is 51.8 Å². The van der Waals surface area contributed by atoms with E-state index in [1.165, 1.54) is 12.8 Å². The number of carbonyl (C=O) groups is 1. The summed E-state index contributed by atoms with van der Waals surface area (Å²) < 4.78 is 1.67. The van der Waals surface area contributed by atoms with Gasteiger partial charge in [-0.15, -0.1) is 5.10 Å². The second-order valence-electron chi connectivity index (χ2n) is 5.90. The molecule has 6 heteroatoms. The lowest BCUT2D eigenvalue weighted by atomic mass is 9.93. The highest BCUT2D eigenvalue weighted by Gasteiger charge is 2.33. The molecule has 1 aromatic rings. The third-order valence-corrected chi connectivity index (χ3v) is 3.88. The van der Waals surface area contributed by atoms with Crippen molar-refractivity contribution in [3.8, 4) is 0 Å². The number of hydrogen-bond acceptors (Lipinski definition) is 4. The van der Waals surface area contributed by atoms with Gasteiger partial charge in [-0.2, -0.15) is 0 Å². The molecule has 100 valence electrons. The monoisotopic (exact) mass is 252 g/mol. The van der Waals surface area contributed by atoms with Crippen molar-refractivity contribution >= 4 is 5.97 Å². The SMILES string of the molecule is CC1CCCC1c1nnnn1CC(C)(C)C(=O)O. The van der Waals surface area contributed by atoms with Crippen molar-refractivity contribution in [2.75, 3.05) is 0 Å². The Bertz CT molecular complexity index is 441. The molecule has 0 amide bonds. The fourth-order valence-corrected chi connectivity index (χ4v) is 2.56. The third-order valence-electron chi connectivity index (χ3n) is 3.88. The number of nitrogens with zero attached hydrogens (tertiary/aromatic N) is 4. The van der Waals surface area contributed by atoms with Gasteiger partial charge >= 0.3 is 5.97 Å². The zero-order valence-electron chi connectivity index (χ0n) is 11.1. The van der Waals surface area contributed by atoms with Crippen LogP contribution in [0, 0.1) is 11.3 Å². The Kier molecular flexibility index (Phi) is 3.36. The normalized spacial score (nSPS) is 24.4. The third kappa shape index (κ3) is 2.37. The van der Waals surface area contributed by atoms with Gasteiger partial charge in [0.2, 0.25) is 0 Å². The summed E-state index contributed by atoms with van der Waals surface area (Å²) in [5.41, 5.74) is -0.855. The Morgan fingerprint density at radius 1 is 1.50 bits per heavy atom. The van der Waals surface area contributed by atoms with Crippen LogP contribution in [0.2, 0.25) is 0 Å². The molecule has 6 nitrogen and oxygen atoms in total. The Labute approximate surface area is 106 Å². The highest BCUT2D eigenvalue weighted by atomic mass is 16.4. The van der Waals surface area contributed by atoms with E-state index in [9.17, 15) is 4.79 Å². The van der Waals surface area contributed by atoms with Crippen LogP contribution < -0.4 is 0 Å². The molecule has 0 aliphatic heterocycles. The summed E-state index contributed by atoms with van der Waals surface area (Å²) in [5.74, 6) is 0.949. The zero-order chi connectivity index (χ0) is 13.3. The molecule has 2 rings (SSSR count). The first kappa shape index (κ1) is 13.0. The molecular weight excluding hydrogens is 232 g/mol. The molecule has 1 saturated carbocycles. The average Bonchev–Trinajstić information content (AvgIpc) is 2.86. The van der Waals surface area contributed by atoms with Crippen LogP contribution in [-0.4, -0.2) is 31.3 Å². The highest BCUT2D eigenvalue weighted by molar-refractivity contribution is 5.73. The summed E-state index contributed by atoms with van der Waals surface area (Å²) in [6.07, 6.45) is 3.48. The van der Waals surface area contributed by atoms with Crippen molar-refractivity contribution in [3.05, 3.63) is 5.82 Å². The van der Waals surface area contributed by atoms with E-state index < -0.39 is 11.4 Å². The van der Waals surface area contributed by atoms with Crippen molar-refractivity contribution < 1.29 is 9.90 Å². The summed E-state index contributed by atoms with van der Waals surface area (Å²) in [6.45, 7) is 5.91. The lowest BCUT2D eigenvalue weighted by Gasteiger charge is -2.21. The van der Waals surface area contributed by atoms with E-state index in [0.29, 0.717) is 18.4 Å². The van der Waals surface area contributed by atoms with Crippen LogP contribution in [0.5, 0.6) is 0 Å². The summed E-state index contributed by atoms with van der Waals surface area (Å²) in [7, 11) is 0. The molecule has 2 unspecified atom stereocenters. The molecule has 1 aliphatic rings. The van der Waals surface area contributed by atoms with E-state index in [1.54, 1.807) is 18.5 Å². The smallest absolute Gasteiger partial charge is 0.310 e. The van der Waals surface area contributed by atoms with Crippen LogP contribution in [-0.2, 0) is 11.3 Å². The highest BCUT2D eigenvalue weighted by Crippen LogP contribution is 2.38. The van der Waals surface area contributed by atoms with Gasteiger partial charge in [0.1, 0.15) is 0 Å². The van der Waals surface area contributed by atoms with Crippen LogP contribution in [0.15, 0.2) is 0 Å². The lowest BCUT2D eigenvalue weighted by Crippen LogP contribution is -2.31. The quantitative estimate of drug-likeness (QED) is 0.881. The van der Waals surface area contributed by atoms with E-state index in [1.807, 2.05) is 0 Å². The van der Waals surface area contributed by atoms with Gasteiger partial charge < -0.3 is 5.11 Å². The number of carboxylic acids is 1. The number of aromatic nitrogens is 4. The van der Waals surface area contributed by atoms with Crippen molar-refractivity contribution in [2.45, 2.75) is 52.5 Å². The molecule has 0 aromatic carbocycles. The van der Waals surface area contributed by atoms with Crippen molar-refractivity contribution in [2.24, 2.45) is 11.3 Å². The van der Waals surface area contributed by atoms with Gasteiger partial charge in [-0.05, 0) is 43.0 Å². The molecule has 1 fully saturated rings. The van der Waals surface area contributed by atoms with Gasteiger partial charge in [-0.25, -0.2) is 4.68 Å². The summed E-state index contributed by atoms with van der Waals surface area (Å²) in [5, 5.41) is 20.9. The minimum absolute atomic E-state index is 0.313. The van der Waals surface area contributed by atoms with Gasteiger partial charge in [-0.1, -0.05) is 13.3 Å². The maximum atomic E-state index is 11.2. The maximum absolute atomic E-state index is 11.2. The van der Waals surface area contributed by atoms with Gasteiger partial charge in [0.25, 0.3) is 0 Å². The van der Waals surface area contributed by atoms with Gasteiger partial charge in [-0.3, -0.25) is 4.79 Å². The van der Waals surface area contributed by atoms with E-state index in [4.69, 9.17) is 5.11 Å². The Hall–Kier alpha value is -1.46. The number of tetrazole rings is 1. The predicted molar refractivity (Wildman–Crippen MR) is 65.0 cm³/mol. The molecule has 1 aliphatic carbocycles. The second-order valence-corrected chi connectivity index (χ2v) is 5.90. The molecule has 1 aromatic heterocycles. The Balaban J connectivity index is 2.20. The zero-order valence-corrected chi connectivity index (χ0v) is 11.1. The molecule has 0 bridgehead atoms. The number of carboxylic acid groups (broad SMARTS) is 1. The van der Waals surface area contributed by atoms with E-state index in [0.717, 1.165) is 12.2 Å². The minimum Gasteiger partial charge on any atom is -0.481 e. The Morgan fingerprint density at radius 2 is 2.22 bits per heavy atom. The second kappa shape index (κ2) is 4.66. The van der Waals surface area contributed by atoms with Crippen molar-refractivity contribution in [1.82, 2.24) is 20.2 Å². The van der Waals surface area contributed by atoms with Gasteiger partial charge in [0.05, 0.1) is 12.0 Å². The number of rotatable bonds is 4. The maximum Gasteiger partial charge on any atom is 0.310 e. The first-order chi connectivity index (χ1) is 8.42. The van der Waals surface area contributed by atoms with Crippen LogP contribution in [0.3, 0.4) is 0 Å². The molecule has 0 saturated heterocycles. The van der Waals surface area contributed by atoms with E-state index in [2.05, 4.69) is 22.4 Å². The average molecular weight is 252 g/mol. The summed E-state index contributed by atoms with van der Waals surface area (Å²) in [4.78, 5) is 11.2. The molecule has 0 radical (unpaired) electrons. The molecule has 18 heavy (non-hydrogen) atoms. The van der Waals surface area contributed by atoms with Crippen LogP contribution in [0.4, 0.5) is 0 Å². The van der Waals surface area contributed by atoms with Crippen molar-refractivity contribution in [3.63, 3.8) is 0 Å². The minimum atomic E-state index is -0.855. The standard InChI is InChI=1S/C12H20N4O2/c1-8-5-4-6-9(8)10-13-14-15-16(10)7-12(2,3)11(17)18/h8-9H,4-7H2,1-3H3,(H,17,18). The molecule has 0 spiro atoms. The summed E-state index contributed by atoms with van der Waals surface area (Å²) >= 11 is 0. The van der Waals surface area contributed by atoms with Crippen molar-refractivity contribution in [1.29, 1.82) is 0 Å². The van der Waals surface area contributed by atoms with E-state index >= 15 is 0 Å². The molecule has 1 heterocycles.